The minimum atomic E-state index is 0.320. The van der Waals surface area contributed by atoms with Crippen molar-refractivity contribution >= 4 is 15.9 Å². The monoisotopic (exact) mass is 255 g/mol. The predicted octanol–water partition coefficient (Wildman–Crippen LogP) is 1.80. The summed E-state index contributed by atoms with van der Waals surface area (Å²) in [5.74, 6) is 1.98. The molecule has 1 atom stereocenters. The first-order chi connectivity index (χ1) is 6.75. The lowest BCUT2D eigenvalue weighted by atomic mass is 10.1. The first kappa shape index (κ1) is 8.92. The number of rotatable bonds is 1. The molecule has 4 heteroatoms. The SMILES string of the molecule is NC1CCc2c(Br)nc(C3CC3)n2C1. The third-order valence-electron chi connectivity index (χ3n) is 3.16. The molecule has 2 N–H and O–H groups in total. The maximum absolute atomic E-state index is 5.98. The van der Waals surface area contributed by atoms with E-state index in [1.165, 1.54) is 24.4 Å². The second-order valence-electron chi connectivity index (χ2n) is 4.39. The molecular weight excluding hydrogens is 242 g/mol. The van der Waals surface area contributed by atoms with Gasteiger partial charge in [0.05, 0.1) is 5.69 Å². The molecule has 0 aromatic carbocycles. The Balaban J connectivity index is 2.05. The minimum absolute atomic E-state index is 0.320. The molecule has 0 spiro atoms. The highest BCUT2D eigenvalue weighted by atomic mass is 79.9. The largest absolute Gasteiger partial charge is 0.329 e. The summed E-state index contributed by atoms with van der Waals surface area (Å²) in [7, 11) is 0. The number of fused-ring (bicyclic) bond motifs is 1. The van der Waals surface area contributed by atoms with Crippen LogP contribution in [-0.4, -0.2) is 15.6 Å². The lowest BCUT2D eigenvalue weighted by Crippen LogP contribution is -2.32. The van der Waals surface area contributed by atoms with Gasteiger partial charge in [-0.3, -0.25) is 0 Å². The van der Waals surface area contributed by atoms with Crippen LogP contribution < -0.4 is 5.73 Å². The minimum Gasteiger partial charge on any atom is -0.329 e. The highest BCUT2D eigenvalue weighted by molar-refractivity contribution is 9.10. The molecule has 1 aromatic heterocycles. The van der Waals surface area contributed by atoms with Crippen LogP contribution in [0.15, 0.2) is 4.60 Å². The van der Waals surface area contributed by atoms with Crippen molar-refractivity contribution in [2.75, 3.05) is 0 Å². The fourth-order valence-corrected chi connectivity index (χ4v) is 2.81. The summed E-state index contributed by atoms with van der Waals surface area (Å²) in [6, 6.07) is 0.320. The summed E-state index contributed by atoms with van der Waals surface area (Å²) in [6.07, 6.45) is 4.77. The summed E-state index contributed by atoms with van der Waals surface area (Å²) in [6.45, 7) is 0.958. The van der Waals surface area contributed by atoms with Crippen LogP contribution in [0.5, 0.6) is 0 Å². The van der Waals surface area contributed by atoms with Gasteiger partial charge in [-0.25, -0.2) is 4.98 Å². The third-order valence-corrected chi connectivity index (χ3v) is 3.80. The van der Waals surface area contributed by atoms with Crippen LogP contribution in [0.3, 0.4) is 0 Å². The fraction of sp³-hybridized carbons (Fsp3) is 0.700. The normalized spacial score (nSPS) is 26.3. The molecular formula is C10H14BrN3. The van der Waals surface area contributed by atoms with Crippen molar-refractivity contribution < 1.29 is 0 Å². The van der Waals surface area contributed by atoms with Gasteiger partial charge in [0.15, 0.2) is 0 Å². The zero-order valence-electron chi connectivity index (χ0n) is 8.04. The molecule has 76 valence electrons. The van der Waals surface area contributed by atoms with Gasteiger partial charge in [-0.2, -0.15) is 0 Å². The van der Waals surface area contributed by atoms with E-state index in [4.69, 9.17) is 5.73 Å². The Bertz CT molecular complexity index is 368. The van der Waals surface area contributed by atoms with Gasteiger partial charge in [-0.15, -0.1) is 0 Å². The molecule has 1 saturated carbocycles. The lowest BCUT2D eigenvalue weighted by molar-refractivity contribution is 0.448. The van der Waals surface area contributed by atoms with E-state index in [0.29, 0.717) is 12.0 Å². The van der Waals surface area contributed by atoms with Crippen molar-refractivity contribution in [1.29, 1.82) is 0 Å². The highest BCUT2D eigenvalue weighted by Gasteiger charge is 2.32. The Kier molecular flexibility index (Phi) is 1.96. The van der Waals surface area contributed by atoms with Gasteiger partial charge in [0.25, 0.3) is 0 Å². The van der Waals surface area contributed by atoms with Crippen molar-refractivity contribution in [2.24, 2.45) is 5.73 Å². The first-order valence-corrected chi connectivity index (χ1v) is 6.05. The average molecular weight is 256 g/mol. The molecule has 0 saturated heterocycles. The van der Waals surface area contributed by atoms with Gasteiger partial charge < -0.3 is 10.3 Å². The maximum Gasteiger partial charge on any atom is 0.127 e. The molecule has 1 fully saturated rings. The summed E-state index contributed by atoms with van der Waals surface area (Å²) < 4.78 is 3.39. The average Bonchev–Trinajstić information content (AvgIpc) is 2.93. The zero-order chi connectivity index (χ0) is 9.71. The number of imidazole rings is 1. The van der Waals surface area contributed by atoms with Crippen LogP contribution in [-0.2, 0) is 13.0 Å². The van der Waals surface area contributed by atoms with Crippen molar-refractivity contribution in [3.8, 4) is 0 Å². The van der Waals surface area contributed by atoms with E-state index >= 15 is 0 Å². The number of nitrogens with two attached hydrogens (primary N) is 1. The molecule has 3 rings (SSSR count). The van der Waals surface area contributed by atoms with Crippen molar-refractivity contribution in [1.82, 2.24) is 9.55 Å². The molecule has 14 heavy (non-hydrogen) atoms. The number of halogens is 1. The highest BCUT2D eigenvalue weighted by Crippen LogP contribution is 2.41. The molecule has 2 aliphatic rings. The smallest absolute Gasteiger partial charge is 0.127 e. The van der Waals surface area contributed by atoms with Crippen LogP contribution in [0.1, 0.15) is 36.7 Å². The van der Waals surface area contributed by atoms with Crippen LogP contribution in [0, 0.1) is 0 Å². The summed E-state index contributed by atoms with van der Waals surface area (Å²) in [5.41, 5.74) is 7.34. The Morgan fingerprint density at radius 2 is 2.14 bits per heavy atom. The lowest BCUT2D eigenvalue weighted by Gasteiger charge is -2.22. The van der Waals surface area contributed by atoms with E-state index in [1.807, 2.05) is 0 Å². The molecule has 1 aromatic rings. The van der Waals surface area contributed by atoms with Gasteiger partial charge in [0, 0.05) is 18.5 Å². The number of aromatic nitrogens is 2. The van der Waals surface area contributed by atoms with Crippen LogP contribution in [0.4, 0.5) is 0 Å². The van der Waals surface area contributed by atoms with Gasteiger partial charge in [0.2, 0.25) is 0 Å². The number of hydrogen-bond donors (Lipinski definition) is 1. The molecule has 0 bridgehead atoms. The topological polar surface area (TPSA) is 43.8 Å². The zero-order valence-corrected chi connectivity index (χ0v) is 9.63. The van der Waals surface area contributed by atoms with E-state index in [0.717, 1.165) is 24.0 Å². The van der Waals surface area contributed by atoms with E-state index in [1.54, 1.807) is 0 Å². The molecule has 0 amide bonds. The van der Waals surface area contributed by atoms with Crippen molar-refractivity contribution in [3.63, 3.8) is 0 Å². The quantitative estimate of drug-likeness (QED) is 0.832. The van der Waals surface area contributed by atoms with E-state index in [2.05, 4.69) is 25.5 Å². The standard InChI is InChI=1S/C10H14BrN3/c11-9-8-4-3-7(12)5-14(8)10(13-9)6-1-2-6/h6-7H,1-5,12H2. The number of nitrogens with zero attached hydrogens (tertiary/aromatic N) is 2. The second kappa shape index (κ2) is 3.07. The van der Waals surface area contributed by atoms with Crippen molar-refractivity contribution in [3.05, 3.63) is 16.1 Å². The summed E-state index contributed by atoms with van der Waals surface area (Å²) in [4.78, 5) is 4.61. The first-order valence-electron chi connectivity index (χ1n) is 5.26. The third kappa shape index (κ3) is 1.32. The van der Waals surface area contributed by atoms with Crippen LogP contribution in [0.25, 0.3) is 0 Å². The Hall–Kier alpha value is -0.350. The van der Waals surface area contributed by atoms with Gasteiger partial charge in [-0.05, 0) is 41.6 Å². The number of hydrogen-bond acceptors (Lipinski definition) is 2. The van der Waals surface area contributed by atoms with Gasteiger partial charge >= 0.3 is 0 Å². The van der Waals surface area contributed by atoms with Gasteiger partial charge in [0.1, 0.15) is 10.4 Å². The van der Waals surface area contributed by atoms with Crippen LogP contribution in [0.2, 0.25) is 0 Å². The summed E-state index contributed by atoms with van der Waals surface area (Å²) in [5, 5.41) is 0. The second-order valence-corrected chi connectivity index (χ2v) is 5.14. The molecule has 1 unspecified atom stereocenters. The molecule has 2 heterocycles. The Labute approximate surface area is 91.8 Å². The van der Waals surface area contributed by atoms with Crippen LogP contribution >= 0.6 is 15.9 Å². The molecule has 1 aliphatic heterocycles. The van der Waals surface area contributed by atoms with E-state index in [9.17, 15) is 0 Å². The molecule has 1 aliphatic carbocycles. The Morgan fingerprint density at radius 1 is 1.36 bits per heavy atom. The maximum atomic E-state index is 5.98. The fourth-order valence-electron chi connectivity index (χ4n) is 2.22. The Morgan fingerprint density at radius 3 is 2.86 bits per heavy atom. The van der Waals surface area contributed by atoms with Gasteiger partial charge in [-0.1, -0.05) is 0 Å². The molecule has 3 nitrogen and oxygen atoms in total. The molecule has 0 radical (unpaired) electrons. The predicted molar refractivity (Wildman–Crippen MR) is 58.2 cm³/mol. The summed E-state index contributed by atoms with van der Waals surface area (Å²) >= 11 is 3.55. The van der Waals surface area contributed by atoms with E-state index < -0.39 is 0 Å². The van der Waals surface area contributed by atoms with Crippen molar-refractivity contribution in [2.45, 2.75) is 44.2 Å². The van der Waals surface area contributed by atoms with E-state index in [-0.39, 0.29) is 0 Å².